The van der Waals surface area contributed by atoms with Crippen molar-refractivity contribution in [2.24, 2.45) is 0 Å². The van der Waals surface area contributed by atoms with E-state index in [1.165, 1.54) is 25.9 Å². The summed E-state index contributed by atoms with van der Waals surface area (Å²) in [6.45, 7) is 9.19. The molecule has 0 radical (unpaired) electrons. The lowest BCUT2D eigenvalue weighted by Crippen LogP contribution is -2.43. The molecule has 1 heterocycles. The third-order valence-electron chi connectivity index (χ3n) is 3.40. The van der Waals surface area contributed by atoms with Gasteiger partial charge in [0, 0.05) is 26.3 Å². The number of hydrogen-bond donors (Lipinski definition) is 1. The predicted molar refractivity (Wildman–Crippen MR) is 70.5 cm³/mol. The van der Waals surface area contributed by atoms with Crippen LogP contribution in [0.2, 0.25) is 0 Å². The topological polar surface area (TPSA) is 33.7 Å². The lowest BCUT2D eigenvalue weighted by Gasteiger charge is -2.33. The molecule has 1 saturated heterocycles. The van der Waals surface area contributed by atoms with Crippen molar-refractivity contribution in [3.8, 4) is 0 Å². The maximum atomic E-state index is 5.49. The maximum absolute atomic E-state index is 5.49. The van der Waals surface area contributed by atoms with Crippen molar-refractivity contribution < 1.29 is 9.47 Å². The van der Waals surface area contributed by atoms with E-state index in [0.29, 0.717) is 6.61 Å². The number of nitrogens with one attached hydrogen (secondary N) is 1. The highest BCUT2D eigenvalue weighted by Gasteiger charge is 2.18. The molecule has 0 saturated carbocycles. The van der Waals surface area contributed by atoms with E-state index in [-0.39, 0.29) is 0 Å². The molecule has 0 aromatic rings. The zero-order valence-corrected chi connectivity index (χ0v) is 11.4. The Morgan fingerprint density at radius 1 is 1.18 bits per heavy atom. The first-order valence-electron chi connectivity index (χ1n) is 6.90. The van der Waals surface area contributed by atoms with Crippen LogP contribution in [-0.4, -0.2) is 64.1 Å². The first-order chi connectivity index (χ1) is 8.38. The van der Waals surface area contributed by atoms with Crippen LogP contribution >= 0.6 is 0 Å². The van der Waals surface area contributed by atoms with Gasteiger partial charge in [0.1, 0.15) is 0 Å². The molecule has 0 bridgehead atoms. The van der Waals surface area contributed by atoms with E-state index < -0.39 is 0 Å². The van der Waals surface area contributed by atoms with Gasteiger partial charge in [-0.2, -0.15) is 0 Å². The lowest BCUT2D eigenvalue weighted by atomic mass is 10.0. The second-order valence-electron chi connectivity index (χ2n) is 4.57. The molecule has 4 heteroatoms. The summed E-state index contributed by atoms with van der Waals surface area (Å²) in [5, 5.41) is 3.42. The minimum Gasteiger partial charge on any atom is -0.382 e. The zero-order valence-electron chi connectivity index (χ0n) is 11.4. The van der Waals surface area contributed by atoms with E-state index in [2.05, 4.69) is 17.1 Å². The molecule has 1 aliphatic heterocycles. The summed E-state index contributed by atoms with van der Waals surface area (Å²) in [6.07, 6.45) is 3.71. The standard InChI is InChI=1S/C13H28N2O2/c1-3-15(13-5-7-14-8-6-13)9-4-10-17-12-11-16-2/h13-14H,3-12H2,1-2H3. The predicted octanol–water partition coefficient (Wildman–Crippen LogP) is 1.11. The lowest BCUT2D eigenvalue weighted by molar-refractivity contribution is 0.0616. The normalized spacial score (nSPS) is 17.8. The maximum Gasteiger partial charge on any atom is 0.0700 e. The van der Waals surface area contributed by atoms with Gasteiger partial charge in [-0.05, 0) is 38.9 Å². The molecule has 0 aliphatic carbocycles. The smallest absolute Gasteiger partial charge is 0.0700 e. The molecule has 4 nitrogen and oxygen atoms in total. The van der Waals surface area contributed by atoms with Crippen molar-refractivity contribution in [1.82, 2.24) is 10.2 Å². The first kappa shape index (κ1) is 14.9. The summed E-state index contributed by atoms with van der Waals surface area (Å²) in [7, 11) is 1.71. The number of rotatable bonds is 9. The van der Waals surface area contributed by atoms with Crippen LogP contribution in [0, 0.1) is 0 Å². The molecule has 0 spiro atoms. The van der Waals surface area contributed by atoms with Crippen molar-refractivity contribution in [1.29, 1.82) is 0 Å². The van der Waals surface area contributed by atoms with Gasteiger partial charge in [-0.1, -0.05) is 6.92 Å². The highest BCUT2D eigenvalue weighted by Crippen LogP contribution is 2.11. The second kappa shape index (κ2) is 9.83. The SMILES string of the molecule is CCN(CCCOCCOC)C1CCNCC1. The largest absolute Gasteiger partial charge is 0.382 e. The fourth-order valence-corrected chi connectivity index (χ4v) is 2.38. The fraction of sp³-hybridized carbons (Fsp3) is 1.00. The molecule has 1 fully saturated rings. The van der Waals surface area contributed by atoms with Gasteiger partial charge in [0.2, 0.25) is 0 Å². The molecule has 102 valence electrons. The van der Waals surface area contributed by atoms with Gasteiger partial charge in [0.05, 0.1) is 13.2 Å². The Morgan fingerprint density at radius 2 is 1.94 bits per heavy atom. The summed E-state index contributed by atoms with van der Waals surface area (Å²) in [5.74, 6) is 0. The van der Waals surface area contributed by atoms with Gasteiger partial charge in [-0.15, -0.1) is 0 Å². The van der Waals surface area contributed by atoms with E-state index in [4.69, 9.17) is 9.47 Å². The highest BCUT2D eigenvalue weighted by molar-refractivity contribution is 4.76. The zero-order chi connectivity index (χ0) is 12.3. The molecule has 0 aromatic heterocycles. The van der Waals surface area contributed by atoms with E-state index >= 15 is 0 Å². The van der Waals surface area contributed by atoms with Gasteiger partial charge in [-0.25, -0.2) is 0 Å². The van der Waals surface area contributed by atoms with Crippen LogP contribution in [0.4, 0.5) is 0 Å². The van der Waals surface area contributed by atoms with E-state index in [1.807, 2.05) is 0 Å². The van der Waals surface area contributed by atoms with Gasteiger partial charge < -0.3 is 19.7 Å². The average molecular weight is 244 g/mol. The number of nitrogens with zero attached hydrogens (tertiary/aromatic N) is 1. The third kappa shape index (κ3) is 6.36. The van der Waals surface area contributed by atoms with Crippen LogP contribution in [0.25, 0.3) is 0 Å². The minimum atomic E-state index is 0.700. The summed E-state index contributed by atoms with van der Waals surface area (Å²) in [6, 6.07) is 0.778. The van der Waals surface area contributed by atoms with Crippen LogP contribution in [-0.2, 0) is 9.47 Å². The third-order valence-corrected chi connectivity index (χ3v) is 3.40. The van der Waals surface area contributed by atoms with Gasteiger partial charge in [0.25, 0.3) is 0 Å². The highest BCUT2D eigenvalue weighted by atomic mass is 16.5. The van der Waals surface area contributed by atoms with Crippen LogP contribution in [0.5, 0.6) is 0 Å². The average Bonchev–Trinajstić information content (AvgIpc) is 2.39. The Bertz CT molecular complexity index is 173. The molecule has 0 amide bonds. The molecule has 17 heavy (non-hydrogen) atoms. The van der Waals surface area contributed by atoms with Gasteiger partial charge >= 0.3 is 0 Å². The summed E-state index contributed by atoms with van der Waals surface area (Å²) >= 11 is 0. The van der Waals surface area contributed by atoms with E-state index in [9.17, 15) is 0 Å². The Morgan fingerprint density at radius 3 is 2.59 bits per heavy atom. The second-order valence-corrected chi connectivity index (χ2v) is 4.57. The Labute approximate surface area is 106 Å². The molecule has 0 atom stereocenters. The van der Waals surface area contributed by atoms with Crippen molar-refractivity contribution in [3.05, 3.63) is 0 Å². The molecule has 1 rings (SSSR count). The van der Waals surface area contributed by atoms with Crippen LogP contribution in [0.15, 0.2) is 0 Å². The molecule has 1 aliphatic rings. The molecule has 0 unspecified atom stereocenters. The Hall–Kier alpha value is -0.160. The first-order valence-corrected chi connectivity index (χ1v) is 6.90. The van der Waals surface area contributed by atoms with Crippen LogP contribution in [0.3, 0.4) is 0 Å². The van der Waals surface area contributed by atoms with Gasteiger partial charge in [0.15, 0.2) is 0 Å². The molecule has 1 N–H and O–H groups in total. The van der Waals surface area contributed by atoms with Crippen molar-refractivity contribution >= 4 is 0 Å². The number of hydrogen-bond acceptors (Lipinski definition) is 4. The monoisotopic (exact) mass is 244 g/mol. The van der Waals surface area contributed by atoms with E-state index in [1.54, 1.807) is 7.11 Å². The number of ether oxygens (including phenoxy) is 2. The Balaban J connectivity index is 2.05. The van der Waals surface area contributed by atoms with E-state index in [0.717, 1.165) is 38.8 Å². The minimum absolute atomic E-state index is 0.700. The molecular formula is C13H28N2O2. The number of methoxy groups -OCH3 is 1. The number of piperidine rings is 1. The molecular weight excluding hydrogens is 216 g/mol. The quantitative estimate of drug-likeness (QED) is 0.616. The fourth-order valence-electron chi connectivity index (χ4n) is 2.38. The van der Waals surface area contributed by atoms with Crippen LogP contribution in [0.1, 0.15) is 26.2 Å². The van der Waals surface area contributed by atoms with Crippen LogP contribution < -0.4 is 5.32 Å². The van der Waals surface area contributed by atoms with Crippen molar-refractivity contribution in [2.75, 3.05) is 53.1 Å². The van der Waals surface area contributed by atoms with Gasteiger partial charge in [-0.3, -0.25) is 0 Å². The summed E-state index contributed by atoms with van der Waals surface area (Å²) in [5.41, 5.74) is 0. The molecule has 0 aromatic carbocycles. The summed E-state index contributed by atoms with van der Waals surface area (Å²) < 4.78 is 10.4. The Kier molecular flexibility index (Phi) is 8.61. The summed E-state index contributed by atoms with van der Waals surface area (Å²) in [4.78, 5) is 2.60. The van der Waals surface area contributed by atoms with Crippen molar-refractivity contribution in [2.45, 2.75) is 32.2 Å². The van der Waals surface area contributed by atoms with Crippen molar-refractivity contribution in [3.63, 3.8) is 0 Å².